The molecule has 3 nitrogen and oxygen atoms in total. The SMILES string of the molecule is CCCN=C(N)N(Cc1cccs1)C1CC1. The van der Waals surface area contributed by atoms with Crippen LogP contribution in [0.3, 0.4) is 0 Å². The quantitative estimate of drug-likeness (QED) is 0.631. The summed E-state index contributed by atoms with van der Waals surface area (Å²) in [7, 11) is 0. The predicted octanol–water partition coefficient (Wildman–Crippen LogP) is 2.44. The van der Waals surface area contributed by atoms with Crippen LogP contribution in [0.25, 0.3) is 0 Å². The van der Waals surface area contributed by atoms with Crippen LogP contribution in [0.4, 0.5) is 0 Å². The van der Waals surface area contributed by atoms with E-state index in [1.807, 2.05) is 0 Å². The molecule has 0 unspecified atom stereocenters. The Hall–Kier alpha value is -1.03. The van der Waals surface area contributed by atoms with Crippen LogP contribution in [0.2, 0.25) is 0 Å². The topological polar surface area (TPSA) is 41.6 Å². The van der Waals surface area contributed by atoms with Gasteiger partial charge in [0, 0.05) is 17.5 Å². The van der Waals surface area contributed by atoms with Crippen LogP contribution in [-0.2, 0) is 6.54 Å². The second-order valence-electron chi connectivity index (χ2n) is 4.18. The highest BCUT2D eigenvalue weighted by Gasteiger charge is 2.30. The van der Waals surface area contributed by atoms with E-state index >= 15 is 0 Å². The van der Waals surface area contributed by atoms with Gasteiger partial charge in [-0.2, -0.15) is 0 Å². The van der Waals surface area contributed by atoms with Gasteiger partial charge in [0.15, 0.2) is 5.96 Å². The van der Waals surface area contributed by atoms with Gasteiger partial charge >= 0.3 is 0 Å². The fraction of sp³-hybridized carbons (Fsp3) is 0.583. The normalized spacial score (nSPS) is 16.4. The molecular weight excluding hydrogens is 218 g/mol. The first-order valence-electron chi connectivity index (χ1n) is 5.90. The average Bonchev–Trinajstić information content (AvgIpc) is 3.00. The molecule has 0 saturated heterocycles. The van der Waals surface area contributed by atoms with Crippen LogP contribution in [0.5, 0.6) is 0 Å². The number of rotatable bonds is 5. The van der Waals surface area contributed by atoms with Crippen LogP contribution in [0, 0.1) is 0 Å². The van der Waals surface area contributed by atoms with Crippen molar-refractivity contribution in [3.05, 3.63) is 22.4 Å². The highest BCUT2D eigenvalue weighted by molar-refractivity contribution is 7.09. The molecule has 2 rings (SSSR count). The molecule has 1 heterocycles. The summed E-state index contributed by atoms with van der Waals surface area (Å²) in [5.74, 6) is 0.720. The van der Waals surface area contributed by atoms with Crippen molar-refractivity contribution < 1.29 is 0 Å². The molecule has 16 heavy (non-hydrogen) atoms. The molecule has 1 saturated carbocycles. The Morgan fingerprint density at radius 2 is 2.44 bits per heavy atom. The summed E-state index contributed by atoms with van der Waals surface area (Å²) in [6.45, 7) is 3.87. The van der Waals surface area contributed by atoms with Gasteiger partial charge in [-0.3, -0.25) is 4.99 Å². The Bertz CT molecular complexity index is 341. The van der Waals surface area contributed by atoms with Crippen molar-refractivity contribution in [3.8, 4) is 0 Å². The summed E-state index contributed by atoms with van der Waals surface area (Å²) in [6.07, 6.45) is 3.57. The van der Waals surface area contributed by atoms with Crippen molar-refractivity contribution in [2.24, 2.45) is 10.7 Å². The Balaban J connectivity index is 1.99. The van der Waals surface area contributed by atoms with Gasteiger partial charge in [0.05, 0.1) is 6.54 Å². The zero-order chi connectivity index (χ0) is 11.4. The minimum atomic E-state index is 0.628. The molecule has 1 aliphatic carbocycles. The molecule has 88 valence electrons. The molecule has 1 fully saturated rings. The molecule has 0 bridgehead atoms. The van der Waals surface area contributed by atoms with Crippen molar-refractivity contribution in [1.82, 2.24) is 4.90 Å². The predicted molar refractivity (Wildman–Crippen MR) is 69.7 cm³/mol. The molecule has 0 atom stereocenters. The highest BCUT2D eigenvalue weighted by atomic mass is 32.1. The van der Waals surface area contributed by atoms with E-state index in [1.54, 1.807) is 11.3 Å². The lowest BCUT2D eigenvalue weighted by molar-refractivity contribution is 0.400. The molecule has 1 aliphatic rings. The van der Waals surface area contributed by atoms with Gasteiger partial charge in [0.2, 0.25) is 0 Å². The minimum absolute atomic E-state index is 0.628. The van der Waals surface area contributed by atoms with Crippen molar-refractivity contribution in [2.75, 3.05) is 6.54 Å². The minimum Gasteiger partial charge on any atom is -0.370 e. The van der Waals surface area contributed by atoms with E-state index in [1.165, 1.54) is 17.7 Å². The lowest BCUT2D eigenvalue weighted by Gasteiger charge is -2.22. The first-order valence-corrected chi connectivity index (χ1v) is 6.78. The number of hydrogen-bond donors (Lipinski definition) is 1. The Kier molecular flexibility index (Phi) is 3.83. The summed E-state index contributed by atoms with van der Waals surface area (Å²) in [6, 6.07) is 4.88. The third-order valence-corrected chi connectivity index (χ3v) is 3.55. The molecule has 2 N–H and O–H groups in total. The lowest BCUT2D eigenvalue weighted by atomic mass is 10.4. The number of nitrogens with two attached hydrogens (primary N) is 1. The molecule has 0 radical (unpaired) electrons. The summed E-state index contributed by atoms with van der Waals surface area (Å²) in [4.78, 5) is 8.02. The van der Waals surface area contributed by atoms with Crippen molar-refractivity contribution in [2.45, 2.75) is 38.8 Å². The zero-order valence-corrected chi connectivity index (χ0v) is 10.5. The molecule has 4 heteroatoms. The Labute approximate surface area is 101 Å². The summed E-state index contributed by atoms with van der Waals surface area (Å²) >= 11 is 1.79. The van der Waals surface area contributed by atoms with E-state index in [9.17, 15) is 0 Å². The van der Waals surface area contributed by atoms with Gasteiger partial charge in [-0.05, 0) is 30.7 Å². The first-order chi connectivity index (χ1) is 7.81. The van der Waals surface area contributed by atoms with Gasteiger partial charge < -0.3 is 10.6 Å². The Morgan fingerprint density at radius 1 is 1.62 bits per heavy atom. The molecule has 0 aliphatic heterocycles. The molecule has 1 aromatic rings. The van der Waals surface area contributed by atoms with Crippen LogP contribution in [0.1, 0.15) is 31.1 Å². The summed E-state index contributed by atoms with van der Waals surface area (Å²) in [5.41, 5.74) is 6.04. The van der Waals surface area contributed by atoms with Crippen molar-refractivity contribution in [1.29, 1.82) is 0 Å². The molecule has 1 aromatic heterocycles. The van der Waals surface area contributed by atoms with Crippen LogP contribution >= 0.6 is 11.3 Å². The number of guanidine groups is 1. The maximum Gasteiger partial charge on any atom is 0.191 e. The molecular formula is C12H19N3S. The summed E-state index contributed by atoms with van der Waals surface area (Å²) in [5, 5.41) is 2.11. The van der Waals surface area contributed by atoms with E-state index in [-0.39, 0.29) is 0 Å². The highest BCUT2D eigenvalue weighted by Crippen LogP contribution is 2.28. The zero-order valence-electron chi connectivity index (χ0n) is 9.72. The van der Waals surface area contributed by atoms with Gasteiger partial charge in [-0.15, -0.1) is 11.3 Å². The molecule has 0 amide bonds. The second-order valence-corrected chi connectivity index (χ2v) is 5.21. The maximum absolute atomic E-state index is 6.04. The van der Waals surface area contributed by atoms with Crippen LogP contribution < -0.4 is 5.73 Å². The monoisotopic (exact) mass is 237 g/mol. The third-order valence-electron chi connectivity index (χ3n) is 2.69. The lowest BCUT2D eigenvalue weighted by Crippen LogP contribution is -2.38. The van der Waals surface area contributed by atoms with E-state index in [0.29, 0.717) is 6.04 Å². The second kappa shape index (κ2) is 5.34. The van der Waals surface area contributed by atoms with Crippen LogP contribution in [-0.4, -0.2) is 23.4 Å². The number of aliphatic imine (C=N–C) groups is 1. The van der Waals surface area contributed by atoms with Gasteiger partial charge in [-0.25, -0.2) is 0 Å². The van der Waals surface area contributed by atoms with E-state index in [0.717, 1.165) is 25.5 Å². The fourth-order valence-corrected chi connectivity index (χ4v) is 2.37. The first kappa shape index (κ1) is 11.5. The molecule has 0 spiro atoms. The standard InChI is InChI=1S/C12H19N3S/c1-2-7-14-12(13)15(10-5-6-10)9-11-4-3-8-16-11/h3-4,8,10H,2,5-7,9H2,1H3,(H2,13,14). The molecule has 0 aromatic carbocycles. The number of thiophene rings is 1. The van der Waals surface area contributed by atoms with Gasteiger partial charge in [0.1, 0.15) is 0 Å². The smallest absolute Gasteiger partial charge is 0.191 e. The van der Waals surface area contributed by atoms with Gasteiger partial charge in [-0.1, -0.05) is 13.0 Å². The van der Waals surface area contributed by atoms with Crippen molar-refractivity contribution >= 4 is 17.3 Å². The number of nitrogens with zero attached hydrogens (tertiary/aromatic N) is 2. The number of hydrogen-bond acceptors (Lipinski definition) is 2. The largest absolute Gasteiger partial charge is 0.370 e. The van der Waals surface area contributed by atoms with E-state index in [4.69, 9.17) is 5.73 Å². The fourth-order valence-electron chi connectivity index (χ4n) is 1.67. The average molecular weight is 237 g/mol. The van der Waals surface area contributed by atoms with Gasteiger partial charge in [0.25, 0.3) is 0 Å². The summed E-state index contributed by atoms with van der Waals surface area (Å²) < 4.78 is 0. The van der Waals surface area contributed by atoms with Crippen LogP contribution in [0.15, 0.2) is 22.5 Å². The van der Waals surface area contributed by atoms with E-state index < -0.39 is 0 Å². The van der Waals surface area contributed by atoms with Crippen molar-refractivity contribution in [3.63, 3.8) is 0 Å². The maximum atomic E-state index is 6.04. The van der Waals surface area contributed by atoms with E-state index in [2.05, 4.69) is 34.3 Å². The third kappa shape index (κ3) is 2.98. The Morgan fingerprint density at radius 3 is 3.00 bits per heavy atom.